The third kappa shape index (κ3) is 2.90. The lowest BCUT2D eigenvalue weighted by molar-refractivity contribution is 0.122. The van der Waals surface area contributed by atoms with Crippen LogP contribution in [0.1, 0.15) is 11.3 Å². The minimum Gasteiger partial charge on any atom is -0.378 e. The molecule has 1 aromatic carbocycles. The molecule has 0 spiro atoms. The number of hydrogen-bond donors (Lipinski definition) is 0. The molecule has 0 unspecified atom stereocenters. The van der Waals surface area contributed by atoms with Crippen LogP contribution in [0.5, 0.6) is 0 Å². The highest BCUT2D eigenvalue weighted by Gasteiger charge is 2.16. The van der Waals surface area contributed by atoms with Crippen molar-refractivity contribution in [1.29, 1.82) is 5.26 Å². The van der Waals surface area contributed by atoms with Crippen LogP contribution in [0.4, 0.5) is 10.3 Å². The normalized spacial score (nSPS) is 14.7. The zero-order valence-electron chi connectivity index (χ0n) is 12.2. The topological polar surface area (TPSA) is 62.0 Å². The third-order valence-corrected chi connectivity index (χ3v) is 3.58. The Morgan fingerprint density at radius 2 is 2.00 bits per heavy atom. The summed E-state index contributed by atoms with van der Waals surface area (Å²) < 4.78 is 18.7. The molecule has 6 heteroatoms. The van der Waals surface area contributed by atoms with Crippen LogP contribution >= 0.6 is 0 Å². The first-order valence-corrected chi connectivity index (χ1v) is 7.06. The molecule has 0 aliphatic carbocycles. The number of aryl methyl sites for hydroxylation is 1. The molecule has 2 aromatic rings. The Morgan fingerprint density at radius 1 is 1.23 bits per heavy atom. The van der Waals surface area contributed by atoms with Gasteiger partial charge in [-0.15, -0.1) is 0 Å². The van der Waals surface area contributed by atoms with Gasteiger partial charge in [-0.2, -0.15) is 5.26 Å². The second-order valence-electron chi connectivity index (χ2n) is 5.11. The molecule has 0 N–H and O–H groups in total. The van der Waals surface area contributed by atoms with Gasteiger partial charge in [0.05, 0.1) is 18.9 Å². The Bertz CT molecular complexity index is 735. The maximum atomic E-state index is 13.4. The quantitative estimate of drug-likeness (QED) is 0.851. The molecule has 1 saturated heterocycles. The molecule has 2 heterocycles. The average Bonchev–Trinajstić information content (AvgIpc) is 2.57. The van der Waals surface area contributed by atoms with Crippen molar-refractivity contribution < 1.29 is 9.13 Å². The lowest BCUT2D eigenvalue weighted by Gasteiger charge is -2.27. The van der Waals surface area contributed by atoms with Crippen LogP contribution in [-0.4, -0.2) is 36.3 Å². The first-order chi connectivity index (χ1) is 10.7. The van der Waals surface area contributed by atoms with E-state index in [2.05, 4.69) is 16.0 Å². The van der Waals surface area contributed by atoms with E-state index in [1.54, 1.807) is 25.1 Å². The molecule has 5 nitrogen and oxygen atoms in total. The summed E-state index contributed by atoms with van der Waals surface area (Å²) in [5, 5.41) is 9.19. The van der Waals surface area contributed by atoms with Gasteiger partial charge in [-0.1, -0.05) is 0 Å². The number of hydrogen-bond acceptors (Lipinski definition) is 5. The standard InChI is InChI=1S/C16H15FN4O/c1-11-8-12(2-3-14(11)17)15-9-13(10-18)19-16(20-15)21-4-6-22-7-5-21/h2-3,8-9H,4-7H2,1H3. The molecule has 1 fully saturated rings. The van der Waals surface area contributed by atoms with Gasteiger partial charge in [0.15, 0.2) is 0 Å². The van der Waals surface area contributed by atoms with Crippen LogP contribution in [-0.2, 0) is 4.74 Å². The lowest BCUT2D eigenvalue weighted by atomic mass is 10.1. The number of morpholine rings is 1. The summed E-state index contributed by atoms with van der Waals surface area (Å²) in [6.07, 6.45) is 0. The van der Waals surface area contributed by atoms with Crippen molar-refractivity contribution in [2.45, 2.75) is 6.92 Å². The molecule has 1 aromatic heterocycles. The van der Waals surface area contributed by atoms with E-state index in [0.29, 0.717) is 49.2 Å². The first kappa shape index (κ1) is 14.4. The predicted molar refractivity (Wildman–Crippen MR) is 79.9 cm³/mol. The van der Waals surface area contributed by atoms with Crippen LogP contribution in [0.15, 0.2) is 24.3 Å². The highest BCUT2D eigenvalue weighted by Crippen LogP contribution is 2.23. The van der Waals surface area contributed by atoms with E-state index in [9.17, 15) is 9.65 Å². The van der Waals surface area contributed by atoms with E-state index >= 15 is 0 Å². The van der Waals surface area contributed by atoms with Crippen LogP contribution in [0, 0.1) is 24.1 Å². The average molecular weight is 298 g/mol. The smallest absolute Gasteiger partial charge is 0.227 e. The number of anilines is 1. The van der Waals surface area contributed by atoms with Crippen LogP contribution in [0.25, 0.3) is 11.3 Å². The molecule has 22 heavy (non-hydrogen) atoms. The molecule has 0 atom stereocenters. The summed E-state index contributed by atoms with van der Waals surface area (Å²) in [6.45, 7) is 4.32. The Morgan fingerprint density at radius 3 is 2.68 bits per heavy atom. The summed E-state index contributed by atoms with van der Waals surface area (Å²) in [4.78, 5) is 10.8. The van der Waals surface area contributed by atoms with E-state index < -0.39 is 0 Å². The fourth-order valence-corrected chi connectivity index (χ4v) is 2.35. The highest BCUT2D eigenvalue weighted by atomic mass is 19.1. The largest absolute Gasteiger partial charge is 0.378 e. The molecule has 3 rings (SSSR count). The summed E-state index contributed by atoms with van der Waals surface area (Å²) >= 11 is 0. The maximum Gasteiger partial charge on any atom is 0.227 e. The molecule has 1 aliphatic heterocycles. The van der Waals surface area contributed by atoms with Gasteiger partial charge < -0.3 is 9.64 Å². The van der Waals surface area contributed by atoms with Gasteiger partial charge in [0.25, 0.3) is 0 Å². The van der Waals surface area contributed by atoms with Crippen LogP contribution in [0.2, 0.25) is 0 Å². The van der Waals surface area contributed by atoms with E-state index in [0.717, 1.165) is 5.56 Å². The molecule has 0 amide bonds. The van der Waals surface area contributed by atoms with E-state index in [-0.39, 0.29) is 5.82 Å². The minimum atomic E-state index is -0.258. The molecule has 0 saturated carbocycles. The monoisotopic (exact) mass is 298 g/mol. The molecular weight excluding hydrogens is 283 g/mol. The van der Waals surface area contributed by atoms with Gasteiger partial charge >= 0.3 is 0 Å². The second kappa shape index (κ2) is 6.08. The van der Waals surface area contributed by atoms with Crippen molar-refractivity contribution in [3.8, 4) is 17.3 Å². The number of halogens is 1. The van der Waals surface area contributed by atoms with Gasteiger partial charge in [0.2, 0.25) is 5.95 Å². The van der Waals surface area contributed by atoms with Crippen molar-refractivity contribution in [2.75, 3.05) is 31.2 Å². The van der Waals surface area contributed by atoms with Gasteiger partial charge in [0.1, 0.15) is 17.6 Å². The van der Waals surface area contributed by atoms with Gasteiger partial charge in [-0.05, 0) is 30.7 Å². The van der Waals surface area contributed by atoms with Crippen molar-refractivity contribution in [3.05, 3.63) is 41.3 Å². The van der Waals surface area contributed by atoms with E-state index in [1.807, 2.05) is 4.90 Å². The highest BCUT2D eigenvalue weighted by molar-refractivity contribution is 5.63. The Kier molecular flexibility index (Phi) is 3.98. The Balaban J connectivity index is 2.03. The first-order valence-electron chi connectivity index (χ1n) is 7.06. The summed E-state index contributed by atoms with van der Waals surface area (Å²) in [5.41, 5.74) is 2.24. The number of nitrogens with zero attached hydrogens (tertiary/aromatic N) is 4. The maximum absolute atomic E-state index is 13.4. The van der Waals surface area contributed by atoms with Crippen LogP contribution in [0.3, 0.4) is 0 Å². The van der Waals surface area contributed by atoms with Crippen LogP contribution < -0.4 is 4.90 Å². The second-order valence-corrected chi connectivity index (χ2v) is 5.11. The van der Waals surface area contributed by atoms with Gasteiger partial charge in [0, 0.05) is 24.7 Å². The van der Waals surface area contributed by atoms with Crippen molar-refractivity contribution in [3.63, 3.8) is 0 Å². The lowest BCUT2D eigenvalue weighted by Crippen LogP contribution is -2.37. The minimum absolute atomic E-state index is 0.258. The number of rotatable bonds is 2. The Labute approximate surface area is 128 Å². The summed E-state index contributed by atoms with van der Waals surface area (Å²) in [7, 11) is 0. The fraction of sp³-hybridized carbons (Fsp3) is 0.312. The Hall–Kier alpha value is -2.52. The molecule has 0 bridgehead atoms. The fourth-order valence-electron chi connectivity index (χ4n) is 2.35. The van der Waals surface area contributed by atoms with Gasteiger partial charge in [-0.25, -0.2) is 14.4 Å². The van der Waals surface area contributed by atoms with Crippen molar-refractivity contribution >= 4 is 5.95 Å². The number of nitriles is 1. The molecule has 1 aliphatic rings. The zero-order valence-corrected chi connectivity index (χ0v) is 12.2. The summed E-state index contributed by atoms with van der Waals surface area (Å²) in [6, 6.07) is 8.48. The summed E-state index contributed by atoms with van der Waals surface area (Å²) in [5.74, 6) is 0.256. The van der Waals surface area contributed by atoms with Gasteiger partial charge in [-0.3, -0.25) is 0 Å². The van der Waals surface area contributed by atoms with E-state index in [4.69, 9.17) is 4.74 Å². The van der Waals surface area contributed by atoms with Crippen molar-refractivity contribution in [2.24, 2.45) is 0 Å². The molecular formula is C16H15FN4O. The molecule has 112 valence electrons. The number of benzene rings is 1. The van der Waals surface area contributed by atoms with Crippen molar-refractivity contribution in [1.82, 2.24) is 9.97 Å². The predicted octanol–water partition coefficient (Wildman–Crippen LogP) is 2.30. The number of aromatic nitrogens is 2. The van der Waals surface area contributed by atoms with E-state index in [1.165, 1.54) is 6.07 Å². The zero-order chi connectivity index (χ0) is 15.5. The molecule has 0 radical (unpaired) electrons. The number of ether oxygens (including phenoxy) is 1. The third-order valence-electron chi connectivity index (χ3n) is 3.58. The SMILES string of the molecule is Cc1cc(-c2cc(C#N)nc(N3CCOCC3)n2)ccc1F.